The lowest BCUT2D eigenvalue weighted by Crippen LogP contribution is -2.55. The van der Waals surface area contributed by atoms with E-state index in [2.05, 4.69) is 26.1 Å². The lowest BCUT2D eigenvalue weighted by atomic mass is 9.79. The molecule has 1 rings (SSSR count). The third-order valence-electron chi connectivity index (χ3n) is 5.09. The largest absolute Gasteiger partial charge is 0.349 e. The van der Waals surface area contributed by atoms with Crippen LogP contribution in [0.4, 0.5) is 0 Å². The van der Waals surface area contributed by atoms with Gasteiger partial charge in [-0.05, 0) is 24.7 Å². The molecule has 1 saturated carbocycles. The Morgan fingerprint density at radius 3 is 2.25 bits per heavy atom. The highest BCUT2D eigenvalue weighted by Gasteiger charge is 2.30. The number of amides is 1. The van der Waals surface area contributed by atoms with Crippen molar-refractivity contribution in [3.05, 3.63) is 0 Å². The number of rotatable bonds is 6. The molecule has 0 saturated heterocycles. The van der Waals surface area contributed by atoms with Crippen molar-refractivity contribution in [2.24, 2.45) is 23.5 Å². The van der Waals surface area contributed by atoms with Crippen molar-refractivity contribution in [2.75, 3.05) is 6.54 Å². The minimum atomic E-state index is -0.274. The number of hydrogen-bond acceptors (Lipinski definition) is 2. The summed E-state index contributed by atoms with van der Waals surface area (Å²) in [4.78, 5) is 12.2. The second-order valence-corrected chi connectivity index (χ2v) is 6.90. The molecule has 4 heteroatoms. The maximum Gasteiger partial charge on any atom is 0.220 e. The van der Waals surface area contributed by atoms with Crippen LogP contribution in [0.1, 0.15) is 66.2 Å². The van der Waals surface area contributed by atoms with Gasteiger partial charge in [-0.1, -0.05) is 52.9 Å². The van der Waals surface area contributed by atoms with Crippen molar-refractivity contribution >= 4 is 18.3 Å². The Morgan fingerprint density at radius 1 is 1.25 bits per heavy atom. The molecule has 1 aliphatic rings. The maximum atomic E-state index is 12.2. The number of carbonyl (C=O) groups is 1. The molecule has 1 amide bonds. The predicted molar refractivity (Wildman–Crippen MR) is 88.0 cm³/mol. The van der Waals surface area contributed by atoms with Crippen LogP contribution >= 0.6 is 12.4 Å². The van der Waals surface area contributed by atoms with Crippen LogP contribution in [0.25, 0.3) is 0 Å². The van der Waals surface area contributed by atoms with Crippen LogP contribution in [-0.2, 0) is 4.79 Å². The average Bonchev–Trinajstić information content (AvgIpc) is 2.39. The molecular formula is C16H33ClN2O. The number of nitrogens with two attached hydrogens (primary N) is 1. The van der Waals surface area contributed by atoms with Crippen LogP contribution < -0.4 is 11.1 Å². The third kappa shape index (κ3) is 5.61. The summed E-state index contributed by atoms with van der Waals surface area (Å²) in [6, 6.07) is 0. The van der Waals surface area contributed by atoms with Crippen molar-refractivity contribution < 1.29 is 4.79 Å². The smallest absolute Gasteiger partial charge is 0.220 e. The molecule has 0 bridgehead atoms. The van der Waals surface area contributed by atoms with Crippen molar-refractivity contribution in [3.63, 3.8) is 0 Å². The zero-order valence-electron chi connectivity index (χ0n) is 13.6. The highest BCUT2D eigenvalue weighted by Crippen LogP contribution is 2.31. The fourth-order valence-electron chi connectivity index (χ4n) is 2.96. The third-order valence-corrected chi connectivity index (χ3v) is 5.09. The average molecular weight is 305 g/mol. The minimum absolute atomic E-state index is 0. The maximum absolute atomic E-state index is 12.2. The molecule has 1 aliphatic carbocycles. The standard InChI is InChI=1S/C16H32N2O.ClH/c1-12(2)16(4,11-17)18-15(19)10-13(3)14-8-6-5-7-9-14;/h12-14H,5-11,17H2,1-4H3,(H,18,19);1H. The fourth-order valence-corrected chi connectivity index (χ4v) is 2.96. The topological polar surface area (TPSA) is 55.1 Å². The Labute approximate surface area is 130 Å². The van der Waals surface area contributed by atoms with Crippen molar-refractivity contribution in [2.45, 2.75) is 71.8 Å². The first-order chi connectivity index (χ1) is 8.89. The van der Waals surface area contributed by atoms with Crippen LogP contribution in [0.5, 0.6) is 0 Å². The number of halogens is 1. The molecule has 20 heavy (non-hydrogen) atoms. The van der Waals surface area contributed by atoms with Crippen LogP contribution in [0.2, 0.25) is 0 Å². The van der Waals surface area contributed by atoms with Gasteiger partial charge in [0.1, 0.15) is 0 Å². The summed E-state index contributed by atoms with van der Waals surface area (Å²) in [5, 5.41) is 3.15. The van der Waals surface area contributed by atoms with E-state index in [0.29, 0.717) is 24.8 Å². The Balaban J connectivity index is 0.00000361. The van der Waals surface area contributed by atoms with Crippen LogP contribution in [-0.4, -0.2) is 18.0 Å². The Kier molecular flexibility index (Phi) is 8.76. The molecule has 1 fully saturated rings. The molecule has 0 aromatic carbocycles. The van der Waals surface area contributed by atoms with Crippen LogP contribution in [0.15, 0.2) is 0 Å². The minimum Gasteiger partial charge on any atom is -0.349 e. The molecule has 0 radical (unpaired) electrons. The summed E-state index contributed by atoms with van der Waals surface area (Å²) in [5.74, 6) is 1.75. The molecule has 120 valence electrons. The fraction of sp³-hybridized carbons (Fsp3) is 0.938. The summed E-state index contributed by atoms with van der Waals surface area (Å²) in [6.07, 6.45) is 7.28. The van der Waals surface area contributed by atoms with Crippen LogP contribution in [0, 0.1) is 17.8 Å². The first-order valence-corrected chi connectivity index (χ1v) is 7.90. The Morgan fingerprint density at radius 2 is 1.80 bits per heavy atom. The van der Waals surface area contributed by atoms with E-state index in [1.54, 1.807) is 0 Å². The van der Waals surface area contributed by atoms with E-state index in [4.69, 9.17) is 5.73 Å². The van der Waals surface area contributed by atoms with Gasteiger partial charge in [-0.15, -0.1) is 12.4 Å². The van der Waals surface area contributed by atoms with E-state index in [0.717, 1.165) is 5.92 Å². The molecule has 3 nitrogen and oxygen atoms in total. The van der Waals surface area contributed by atoms with E-state index in [9.17, 15) is 4.79 Å². The molecule has 2 unspecified atom stereocenters. The number of carbonyl (C=O) groups excluding carboxylic acids is 1. The SMILES string of the molecule is CC(CC(=O)NC(C)(CN)C(C)C)C1CCCCC1.Cl. The molecular weight excluding hydrogens is 272 g/mol. The number of nitrogens with one attached hydrogen (secondary N) is 1. The lowest BCUT2D eigenvalue weighted by Gasteiger charge is -2.35. The quantitative estimate of drug-likeness (QED) is 0.789. The van der Waals surface area contributed by atoms with E-state index in [-0.39, 0.29) is 23.9 Å². The predicted octanol–water partition coefficient (Wildman–Crippen LogP) is 3.50. The highest BCUT2D eigenvalue weighted by molar-refractivity contribution is 5.85. The first kappa shape index (κ1) is 19.7. The first-order valence-electron chi connectivity index (χ1n) is 7.90. The monoisotopic (exact) mass is 304 g/mol. The van der Waals surface area contributed by atoms with Gasteiger partial charge < -0.3 is 11.1 Å². The normalized spacial score (nSPS) is 20.9. The van der Waals surface area contributed by atoms with Gasteiger partial charge in [0.15, 0.2) is 0 Å². The Bertz CT molecular complexity index is 290. The van der Waals surface area contributed by atoms with Crippen molar-refractivity contribution in [1.82, 2.24) is 5.32 Å². The van der Waals surface area contributed by atoms with Gasteiger partial charge in [-0.25, -0.2) is 0 Å². The summed E-state index contributed by atoms with van der Waals surface area (Å²) in [7, 11) is 0. The molecule has 0 spiro atoms. The van der Waals surface area contributed by atoms with Crippen LogP contribution in [0.3, 0.4) is 0 Å². The van der Waals surface area contributed by atoms with Gasteiger partial charge in [-0.3, -0.25) is 4.79 Å². The molecule has 0 aromatic rings. The number of hydrogen-bond donors (Lipinski definition) is 2. The molecule has 0 aliphatic heterocycles. The zero-order valence-corrected chi connectivity index (χ0v) is 14.4. The molecule has 0 heterocycles. The van der Waals surface area contributed by atoms with Gasteiger partial charge in [0, 0.05) is 13.0 Å². The van der Waals surface area contributed by atoms with E-state index >= 15 is 0 Å². The Hall–Kier alpha value is -0.280. The van der Waals surface area contributed by atoms with Gasteiger partial charge >= 0.3 is 0 Å². The van der Waals surface area contributed by atoms with E-state index in [1.807, 2.05) is 6.92 Å². The molecule has 0 aromatic heterocycles. The summed E-state index contributed by atoms with van der Waals surface area (Å²) in [6.45, 7) is 8.98. The summed E-state index contributed by atoms with van der Waals surface area (Å²) < 4.78 is 0. The zero-order chi connectivity index (χ0) is 14.5. The van der Waals surface area contributed by atoms with Gasteiger partial charge in [0.05, 0.1) is 5.54 Å². The van der Waals surface area contributed by atoms with Crippen molar-refractivity contribution in [3.8, 4) is 0 Å². The second-order valence-electron chi connectivity index (χ2n) is 6.90. The second kappa shape index (κ2) is 8.89. The summed E-state index contributed by atoms with van der Waals surface area (Å²) >= 11 is 0. The van der Waals surface area contributed by atoms with E-state index in [1.165, 1.54) is 32.1 Å². The van der Waals surface area contributed by atoms with Gasteiger partial charge in [0.25, 0.3) is 0 Å². The van der Waals surface area contributed by atoms with Gasteiger partial charge in [0.2, 0.25) is 5.91 Å². The highest BCUT2D eigenvalue weighted by atomic mass is 35.5. The van der Waals surface area contributed by atoms with E-state index < -0.39 is 0 Å². The lowest BCUT2D eigenvalue weighted by molar-refractivity contribution is -0.124. The van der Waals surface area contributed by atoms with Crippen molar-refractivity contribution in [1.29, 1.82) is 0 Å². The summed E-state index contributed by atoms with van der Waals surface area (Å²) in [5.41, 5.74) is 5.54. The molecule has 3 N–H and O–H groups in total. The van der Waals surface area contributed by atoms with Gasteiger partial charge in [-0.2, -0.15) is 0 Å². The molecule has 2 atom stereocenters.